The SMILES string of the molecule is CC[C@@H]1C[C@H](N(Cc2cc(C(F)(F)F)cc(C(F)(F)F)c2)C(=O)OC)c2cc(C(F)(F)F)ccc2N1C(=O)[C@]1(C)CC[C@@H](C(N)=O)CC1. The average molecular weight is 696 g/mol. The summed E-state index contributed by atoms with van der Waals surface area (Å²) in [6.07, 6.45) is -15.3. The minimum absolute atomic E-state index is 0.00303. The van der Waals surface area contributed by atoms with Gasteiger partial charge in [-0.1, -0.05) is 13.8 Å². The van der Waals surface area contributed by atoms with Crippen molar-refractivity contribution in [1.82, 2.24) is 4.90 Å². The van der Waals surface area contributed by atoms with Gasteiger partial charge in [-0.3, -0.25) is 14.5 Å². The molecule has 264 valence electrons. The molecule has 1 aliphatic heterocycles. The highest BCUT2D eigenvalue weighted by Gasteiger charge is 2.48. The van der Waals surface area contributed by atoms with Gasteiger partial charge in [0, 0.05) is 29.6 Å². The molecule has 3 amide bonds. The number of benzene rings is 2. The highest BCUT2D eigenvalue weighted by molar-refractivity contribution is 5.99. The maximum Gasteiger partial charge on any atom is 0.416 e. The fourth-order valence-electron chi connectivity index (χ4n) is 6.59. The lowest BCUT2D eigenvalue weighted by molar-refractivity contribution is -0.143. The van der Waals surface area contributed by atoms with Crippen molar-refractivity contribution in [2.75, 3.05) is 12.0 Å². The van der Waals surface area contributed by atoms with Gasteiger partial charge in [0.2, 0.25) is 11.8 Å². The maximum absolute atomic E-state index is 14.3. The van der Waals surface area contributed by atoms with E-state index in [1.54, 1.807) is 13.8 Å². The number of methoxy groups -OCH3 is 1. The van der Waals surface area contributed by atoms with Crippen molar-refractivity contribution < 1.29 is 58.6 Å². The fourth-order valence-corrected chi connectivity index (χ4v) is 6.59. The van der Waals surface area contributed by atoms with Crippen LogP contribution in [-0.2, 0) is 39.4 Å². The topological polar surface area (TPSA) is 92.9 Å². The Hall–Kier alpha value is -3.98. The molecule has 1 saturated carbocycles. The molecule has 2 N–H and O–H groups in total. The molecule has 16 heteroatoms. The number of carbonyl (C=O) groups is 3. The molecule has 2 aromatic rings. The fraction of sp³-hybridized carbons (Fsp3) is 0.531. The van der Waals surface area contributed by atoms with Gasteiger partial charge in [0.15, 0.2) is 0 Å². The predicted octanol–water partition coefficient (Wildman–Crippen LogP) is 8.25. The number of halogens is 9. The summed E-state index contributed by atoms with van der Waals surface area (Å²) in [5.41, 5.74) is -0.786. The summed E-state index contributed by atoms with van der Waals surface area (Å²) in [4.78, 5) is 41.3. The Morgan fingerprint density at radius 2 is 1.44 bits per heavy atom. The largest absolute Gasteiger partial charge is 0.453 e. The van der Waals surface area contributed by atoms with Gasteiger partial charge in [-0.2, -0.15) is 39.5 Å². The minimum atomic E-state index is -5.19. The van der Waals surface area contributed by atoms with Crippen molar-refractivity contribution in [1.29, 1.82) is 0 Å². The second-order valence-corrected chi connectivity index (χ2v) is 12.5. The molecule has 0 spiro atoms. The molecule has 7 nitrogen and oxygen atoms in total. The van der Waals surface area contributed by atoms with E-state index in [1.165, 1.54) is 4.90 Å². The van der Waals surface area contributed by atoms with E-state index in [0.717, 1.165) is 30.2 Å². The molecule has 1 aliphatic carbocycles. The van der Waals surface area contributed by atoms with Gasteiger partial charge in [0.1, 0.15) is 0 Å². The summed E-state index contributed by atoms with van der Waals surface area (Å²) < 4.78 is 129. The number of anilines is 1. The second kappa shape index (κ2) is 13.1. The number of nitrogens with two attached hydrogens (primary N) is 1. The Morgan fingerprint density at radius 3 is 1.90 bits per heavy atom. The first kappa shape index (κ1) is 36.8. The molecule has 1 heterocycles. The van der Waals surface area contributed by atoms with Crippen LogP contribution >= 0.6 is 0 Å². The van der Waals surface area contributed by atoms with E-state index in [4.69, 9.17) is 10.5 Å². The minimum Gasteiger partial charge on any atom is -0.453 e. The van der Waals surface area contributed by atoms with Crippen molar-refractivity contribution in [3.05, 3.63) is 64.2 Å². The highest BCUT2D eigenvalue weighted by Crippen LogP contribution is 2.49. The molecule has 2 atom stereocenters. The van der Waals surface area contributed by atoms with Crippen molar-refractivity contribution >= 4 is 23.6 Å². The van der Waals surface area contributed by atoms with Crippen LogP contribution in [0.2, 0.25) is 0 Å². The summed E-state index contributed by atoms with van der Waals surface area (Å²) in [5, 5.41) is 0. The van der Waals surface area contributed by atoms with E-state index in [0.29, 0.717) is 25.0 Å². The Labute approximate surface area is 270 Å². The summed E-state index contributed by atoms with van der Waals surface area (Å²) in [6.45, 7) is 2.48. The van der Waals surface area contributed by atoms with Crippen LogP contribution in [0.1, 0.15) is 86.2 Å². The van der Waals surface area contributed by atoms with E-state index in [1.807, 2.05) is 0 Å². The molecule has 1 fully saturated rings. The van der Waals surface area contributed by atoms with Crippen molar-refractivity contribution in [2.24, 2.45) is 17.1 Å². The first-order valence-corrected chi connectivity index (χ1v) is 15.1. The number of nitrogens with zero attached hydrogens (tertiary/aromatic N) is 2. The summed E-state index contributed by atoms with van der Waals surface area (Å²) >= 11 is 0. The number of hydrogen-bond acceptors (Lipinski definition) is 4. The van der Waals surface area contributed by atoms with Crippen LogP contribution in [0, 0.1) is 11.3 Å². The third kappa shape index (κ3) is 7.51. The third-order valence-corrected chi connectivity index (χ3v) is 9.32. The first-order chi connectivity index (χ1) is 22.1. The van der Waals surface area contributed by atoms with Crippen molar-refractivity contribution in [3.8, 4) is 0 Å². The lowest BCUT2D eigenvalue weighted by Crippen LogP contribution is -2.53. The molecular formula is C32H34F9N3O4. The van der Waals surface area contributed by atoms with Crippen molar-refractivity contribution in [3.63, 3.8) is 0 Å². The summed E-state index contributed by atoms with van der Waals surface area (Å²) in [5.74, 6) is -1.38. The van der Waals surface area contributed by atoms with Gasteiger partial charge in [-0.15, -0.1) is 0 Å². The van der Waals surface area contributed by atoms with E-state index in [2.05, 4.69) is 0 Å². The molecule has 4 rings (SSSR count). The number of ether oxygens (including phenoxy) is 1. The molecule has 48 heavy (non-hydrogen) atoms. The van der Waals surface area contributed by atoms with Gasteiger partial charge in [0.05, 0.1) is 29.8 Å². The van der Waals surface area contributed by atoms with Gasteiger partial charge >= 0.3 is 24.6 Å². The number of rotatable bonds is 6. The third-order valence-electron chi connectivity index (χ3n) is 9.32. The Morgan fingerprint density at radius 1 is 0.896 bits per heavy atom. The Kier molecular flexibility index (Phi) is 10.1. The Bertz CT molecular complexity index is 1510. The number of hydrogen-bond donors (Lipinski definition) is 1. The molecule has 0 saturated heterocycles. The number of alkyl halides is 9. The number of primary amides is 1. The van der Waals surface area contributed by atoms with Crippen LogP contribution in [0.5, 0.6) is 0 Å². The van der Waals surface area contributed by atoms with Gasteiger partial charge in [-0.25, -0.2) is 4.79 Å². The smallest absolute Gasteiger partial charge is 0.416 e. The first-order valence-electron chi connectivity index (χ1n) is 15.1. The van der Waals surface area contributed by atoms with E-state index in [9.17, 15) is 53.9 Å². The Balaban J connectivity index is 1.86. The second-order valence-electron chi connectivity index (χ2n) is 12.5. The van der Waals surface area contributed by atoms with Crippen LogP contribution in [0.3, 0.4) is 0 Å². The van der Waals surface area contributed by atoms with Crippen LogP contribution < -0.4 is 10.6 Å². The molecule has 0 unspecified atom stereocenters. The average Bonchev–Trinajstić information content (AvgIpc) is 3.00. The predicted molar refractivity (Wildman–Crippen MR) is 154 cm³/mol. The van der Waals surface area contributed by atoms with E-state index < -0.39 is 88.7 Å². The number of amides is 3. The zero-order chi connectivity index (χ0) is 36.0. The lowest BCUT2D eigenvalue weighted by Gasteiger charge is -2.47. The summed E-state index contributed by atoms with van der Waals surface area (Å²) in [6, 6.07) is 1.22. The lowest BCUT2D eigenvalue weighted by atomic mass is 9.70. The van der Waals surface area contributed by atoms with E-state index >= 15 is 0 Å². The van der Waals surface area contributed by atoms with Crippen LogP contribution in [0.25, 0.3) is 0 Å². The van der Waals surface area contributed by atoms with Crippen molar-refractivity contribution in [2.45, 2.75) is 89.5 Å². The van der Waals surface area contributed by atoms with Gasteiger partial charge in [-0.05, 0) is 86.1 Å². The number of carbonyl (C=O) groups excluding carboxylic acids is 3. The van der Waals surface area contributed by atoms with Crippen LogP contribution in [0.15, 0.2) is 36.4 Å². The van der Waals surface area contributed by atoms with Gasteiger partial charge in [0.25, 0.3) is 0 Å². The number of fused-ring (bicyclic) bond motifs is 1. The quantitative estimate of drug-likeness (QED) is 0.308. The maximum atomic E-state index is 14.3. The molecular weight excluding hydrogens is 661 g/mol. The zero-order valence-electron chi connectivity index (χ0n) is 26.2. The molecule has 0 bridgehead atoms. The molecule has 2 aliphatic rings. The standard InChI is InChI=1S/C32H34F9N3O4/c1-4-22-15-25(43(28(47)48-3)16-17-11-20(31(36,37)38)13-21(12-17)32(39,40)41)23-14-19(30(33,34)35)5-6-24(23)44(22)27(46)29(2)9-7-18(8-10-29)26(42)45/h5-6,11-14,18,22,25H,4,7-10,15-16H2,1-3H3,(H2,42,45)/t18-,22-,25+,29-/m1/s1. The van der Waals surface area contributed by atoms with Crippen LogP contribution in [-0.4, -0.2) is 36.0 Å². The van der Waals surface area contributed by atoms with Crippen LogP contribution in [0.4, 0.5) is 50.0 Å². The molecule has 0 radical (unpaired) electrons. The molecule has 0 aromatic heterocycles. The highest BCUT2D eigenvalue weighted by atomic mass is 19.4. The summed E-state index contributed by atoms with van der Waals surface area (Å²) in [7, 11) is 0.912. The molecule has 2 aromatic carbocycles. The normalized spacial score (nSPS) is 23.3. The van der Waals surface area contributed by atoms with Gasteiger partial charge < -0.3 is 15.4 Å². The monoisotopic (exact) mass is 695 g/mol. The van der Waals surface area contributed by atoms with E-state index in [-0.39, 0.29) is 43.0 Å². The zero-order valence-corrected chi connectivity index (χ0v) is 26.2.